The van der Waals surface area contributed by atoms with E-state index in [1.54, 1.807) is 6.92 Å². The lowest BCUT2D eigenvalue weighted by Crippen LogP contribution is -2.30. The molecule has 1 heterocycles. The Morgan fingerprint density at radius 1 is 1.03 bits per heavy atom. The van der Waals surface area contributed by atoms with Crippen LogP contribution in [0.15, 0.2) is 82.7 Å². The Labute approximate surface area is 214 Å². The summed E-state index contributed by atoms with van der Waals surface area (Å²) in [6, 6.07) is 21.1. The van der Waals surface area contributed by atoms with Crippen LogP contribution in [0.3, 0.4) is 0 Å². The van der Waals surface area contributed by atoms with Gasteiger partial charge in [-0.3, -0.25) is 4.79 Å². The molecular formula is C26H26ClN3O3S2. The van der Waals surface area contributed by atoms with Crippen molar-refractivity contribution in [2.45, 2.75) is 38.3 Å². The van der Waals surface area contributed by atoms with Gasteiger partial charge in [-0.15, -0.1) is 0 Å². The molecule has 0 atom stereocenters. The summed E-state index contributed by atoms with van der Waals surface area (Å²) in [6.07, 6.45) is 0.888. The lowest BCUT2D eigenvalue weighted by atomic mass is 10.2. The fourth-order valence-electron chi connectivity index (χ4n) is 3.80. The monoisotopic (exact) mass is 527 g/mol. The summed E-state index contributed by atoms with van der Waals surface area (Å²) in [5.74, 6) is -0.423. The summed E-state index contributed by atoms with van der Waals surface area (Å²) in [4.78, 5) is 18.0. The number of carbonyl (C=O) groups is 1. The lowest BCUT2D eigenvalue weighted by molar-refractivity contribution is 0.0997. The number of hydrogen-bond acceptors (Lipinski definition) is 4. The molecule has 4 rings (SSSR count). The molecule has 1 amide bonds. The van der Waals surface area contributed by atoms with Crippen molar-refractivity contribution in [3.63, 3.8) is 0 Å². The minimum absolute atomic E-state index is 0.143. The number of benzene rings is 3. The second-order valence-electron chi connectivity index (χ2n) is 8.01. The SMILES string of the molecule is CCCn1c(=NC(=O)c2ccc(S(=O)(=O)N(CC)Cc3ccccc3)cc2)sc2cc(Cl)ccc21. The first kappa shape index (κ1) is 25.3. The molecular weight excluding hydrogens is 502 g/mol. The molecule has 0 saturated carbocycles. The quantitative estimate of drug-likeness (QED) is 0.294. The van der Waals surface area contributed by atoms with Gasteiger partial charge in [0.05, 0.1) is 15.1 Å². The third-order valence-electron chi connectivity index (χ3n) is 5.58. The number of fused-ring (bicyclic) bond motifs is 1. The number of aromatic nitrogens is 1. The van der Waals surface area contributed by atoms with Gasteiger partial charge in [-0.2, -0.15) is 9.30 Å². The normalized spacial score (nSPS) is 12.5. The van der Waals surface area contributed by atoms with Gasteiger partial charge in [-0.25, -0.2) is 8.42 Å². The van der Waals surface area contributed by atoms with Gasteiger partial charge < -0.3 is 4.57 Å². The van der Waals surface area contributed by atoms with Crippen LogP contribution >= 0.6 is 22.9 Å². The van der Waals surface area contributed by atoms with Crippen LogP contribution in [0.4, 0.5) is 0 Å². The van der Waals surface area contributed by atoms with E-state index in [1.807, 2.05) is 53.1 Å². The van der Waals surface area contributed by atoms with E-state index < -0.39 is 15.9 Å². The fraction of sp³-hybridized carbons (Fsp3) is 0.231. The molecule has 0 aliphatic rings. The first-order valence-electron chi connectivity index (χ1n) is 11.4. The van der Waals surface area contributed by atoms with E-state index in [0.29, 0.717) is 21.9 Å². The maximum atomic E-state index is 13.2. The van der Waals surface area contributed by atoms with Crippen LogP contribution in [0.2, 0.25) is 5.02 Å². The van der Waals surface area contributed by atoms with Crippen molar-refractivity contribution in [2.75, 3.05) is 6.54 Å². The largest absolute Gasteiger partial charge is 0.316 e. The zero-order chi connectivity index (χ0) is 25.0. The predicted molar refractivity (Wildman–Crippen MR) is 141 cm³/mol. The lowest BCUT2D eigenvalue weighted by Gasteiger charge is -2.20. The van der Waals surface area contributed by atoms with E-state index >= 15 is 0 Å². The molecule has 0 unspecified atom stereocenters. The average Bonchev–Trinajstić information content (AvgIpc) is 3.19. The zero-order valence-electron chi connectivity index (χ0n) is 19.5. The molecule has 0 spiro atoms. The fourth-order valence-corrected chi connectivity index (χ4v) is 6.56. The van der Waals surface area contributed by atoms with Gasteiger partial charge in [-0.1, -0.05) is 67.1 Å². The van der Waals surface area contributed by atoms with Gasteiger partial charge >= 0.3 is 0 Å². The van der Waals surface area contributed by atoms with Crippen LogP contribution in [0.1, 0.15) is 36.2 Å². The van der Waals surface area contributed by atoms with Crippen molar-refractivity contribution in [1.29, 1.82) is 0 Å². The van der Waals surface area contributed by atoms with Crippen molar-refractivity contribution < 1.29 is 13.2 Å². The number of hydrogen-bond donors (Lipinski definition) is 0. The molecule has 0 aliphatic carbocycles. The Kier molecular flexibility index (Phi) is 7.86. The van der Waals surface area contributed by atoms with E-state index in [4.69, 9.17) is 11.6 Å². The van der Waals surface area contributed by atoms with E-state index in [1.165, 1.54) is 39.9 Å². The third kappa shape index (κ3) is 5.56. The van der Waals surface area contributed by atoms with Gasteiger partial charge in [-0.05, 0) is 54.4 Å². The van der Waals surface area contributed by atoms with Crippen LogP contribution < -0.4 is 4.80 Å². The number of amides is 1. The predicted octanol–water partition coefficient (Wildman–Crippen LogP) is 5.72. The molecule has 0 fully saturated rings. The minimum atomic E-state index is -3.71. The van der Waals surface area contributed by atoms with E-state index in [-0.39, 0.29) is 11.4 Å². The zero-order valence-corrected chi connectivity index (χ0v) is 21.9. The highest BCUT2D eigenvalue weighted by Crippen LogP contribution is 2.23. The molecule has 0 radical (unpaired) electrons. The highest BCUT2D eigenvalue weighted by atomic mass is 35.5. The molecule has 9 heteroatoms. The molecule has 35 heavy (non-hydrogen) atoms. The number of nitrogens with zero attached hydrogens (tertiary/aromatic N) is 3. The number of aryl methyl sites for hydroxylation is 1. The van der Waals surface area contributed by atoms with Gasteiger partial charge in [0.25, 0.3) is 5.91 Å². The molecule has 1 aromatic heterocycles. The number of sulfonamides is 1. The van der Waals surface area contributed by atoms with Crippen LogP contribution in [-0.2, 0) is 23.1 Å². The number of carbonyl (C=O) groups excluding carboxylic acids is 1. The van der Waals surface area contributed by atoms with Crippen molar-refractivity contribution >= 4 is 49.1 Å². The summed E-state index contributed by atoms with van der Waals surface area (Å²) in [5.41, 5.74) is 2.22. The first-order chi connectivity index (χ1) is 16.8. The van der Waals surface area contributed by atoms with Crippen LogP contribution in [0, 0.1) is 0 Å². The van der Waals surface area contributed by atoms with Crippen molar-refractivity contribution in [3.05, 3.63) is 93.7 Å². The summed E-state index contributed by atoms with van der Waals surface area (Å²) < 4.78 is 30.8. The molecule has 182 valence electrons. The van der Waals surface area contributed by atoms with Crippen LogP contribution in [0.5, 0.6) is 0 Å². The second-order valence-corrected chi connectivity index (χ2v) is 11.4. The van der Waals surface area contributed by atoms with E-state index in [0.717, 1.165) is 28.7 Å². The van der Waals surface area contributed by atoms with Gasteiger partial charge in [0.2, 0.25) is 10.0 Å². The Morgan fingerprint density at radius 3 is 2.40 bits per heavy atom. The Hall–Kier alpha value is -2.78. The van der Waals surface area contributed by atoms with Crippen molar-refractivity contribution in [3.8, 4) is 0 Å². The summed E-state index contributed by atoms with van der Waals surface area (Å²) >= 11 is 7.54. The summed E-state index contributed by atoms with van der Waals surface area (Å²) in [7, 11) is -3.71. The maximum Gasteiger partial charge on any atom is 0.279 e. The molecule has 0 N–H and O–H groups in total. The molecule has 0 bridgehead atoms. The number of halogens is 1. The molecule has 0 aliphatic heterocycles. The van der Waals surface area contributed by atoms with Gasteiger partial charge in [0, 0.05) is 30.2 Å². The summed E-state index contributed by atoms with van der Waals surface area (Å²) in [5, 5.41) is 0.630. The van der Waals surface area contributed by atoms with Crippen LogP contribution in [-0.4, -0.2) is 29.7 Å². The Balaban J connectivity index is 1.62. The standard InChI is InChI=1S/C26H26ClN3O3S2/c1-3-16-30-23-15-12-21(27)17-24(23)34-26(30)28-25(31)20-10-13-22(14-11-20)35(32,33)29(4-2)18-19-8-6-5-7-9-19/h5-15,17H,3-4,16,18H2,1-2H3. The van der Waals surface area contributed by atoms with Gasteiger partial charge in [0.1, 0.15) is 0 Å². The van der Waals surface area contributed by atoms with E-state index in [9.17, 15) is 13.2 Å². The summed E-state index contributed by atoms with van der Waals surface area (Å²) in [6.45, 7) is 5.21. The minimum Gasteiger partial charge on any atom is -0.316 e. The first-order valence-corrected chi connectivity index (χ1v) is 14.0. The Bertz CT molecular complexity index is 1510. The third-order valence-corrected chi connectivity index (χ3v) is 8.79. The van der Waals surface area contributed by atoms with Crippen molar-refractivity contribution in [2.24, 2.45) is 4.99 Å². The average molecular weight is 528 g/mol. The van der Waals surface area contributed by atoms with Gasteiger partial charge in [0.15, 0.2) is 4.80 Å². The van der Waals surface area contributed by atoms with Crippen molar-refractivity contribution in [1.82, 2.24) is 8.87 Å². The molecule has 0 saturated heterocycles. The number of thiazole rings is 1. The van der Waals surface area contributed by atoms with E-state index in [2.05, 4.69) is 11.9 Å². The molecule has 3 aromatic carbocycles. The topological polar surface area (TPSA) is 71.7 Å². The molecule has 4 aromatic rings. The highest BCUT2D eigenvalue weighted by molar-refractivity contribution is 7.89. The van der Waals surface area contributed by atoms with Crippen LogP contribution in [0.25, 0.3) is 10.2 Å². The maximum absolute atomic E-state index is 13.2. The molecule has 6 nitrogen and oxygen atoms in total. The number of rotatable bonds is 8. The smallest absolute Gasteiger partial charge is 0.279 e. The second kappa shape index (κ2) is 10.9. The Morgan fingerprint density at radius 2 is 1.74 bits per heavy atom. The highest BCUT2D eigenvalue weighted by Gasteiger charge is 2.23.